The van der Waals surface area contributed by atoms with Crippen molar-refractivity contribution in [1.82, 2.24) is 0 Å². The SMILES string of the molecule is CON=CC(C#N)c1ccc(Cl)cc1. The summed E-state index contributed by atoms with van der Waals surface area (Å²) < 4.78 is 0. The molecule has 14 heavy (non-hydrogen) atoms. The summed E-state index contributed by atoms with van der Waals surface area (Å²) in [6.07, 6.45) is 1.45. The van der Waals surface area contributed by atoms with Crippen LogP contribution in [0.3, 0.4) is 0 Å². The lowest BCUT2D eigenvalue weighted by Crippen LogP contribution is -1.96. The van der Waals surface area contributed by atoms with Gasteiger partial charge in [-0.15, -0.1) is 0 Å². The summed E-state index contributed by atoms with van der Waals surface area (Å²) in [5.74, 6) is -0.396. The molecule has 3 nitrogen and oxygen atoms in total. The Kier molecular flexibility index (Phi) is 3.96. The molecule has 72 valence electrons. The fourth-order valence-electron chi connectivity index (χ4n) is 0.986. The highest BCUT2D eigenvalue weighted by molar-refractivity contribution is 6.30. The van der Waals surface area contributed by atoms with Crippen molar-refractivity contribution in [2.45, 2.75) is 5.92 Å². The Balaban J connectivity index is 2.86. The molecule has 0 heterocycles. The molecule has 1 aromatic carbocycles. The van der Waals surface area contributed by atoms with Gasteiger partial charge < -0.3 is 4.84 Å². The molecule has 0 N–H and O–H groups in total. The molecule has 1 unspecified atom stereocenters. The average Bonchev–Trinajstić information content (AvgIpc) is 2.21. The van der Waals surface area contributed by atoms with Gasteiger partial charge in [-0.1, -0.05) is 28.9 Å². The van der Waals surface area contributed by atoms with Gasteiger partial charge in [0.15, 0.2) is 0 Å². The second-order valence-corrected chi connectivity index (χ2v) is 3.03. The van der Waals surface area contributed by atoms with Crippen LogP contribution in [0.5, 0.6) is 0 Å². The Morgan fingerprint density at radius 3 is 2.64 bits per heavy atom. The first-order valence-corrected chi connectivity index (χ1v) is 4.37. The van der Waals surface area contributed by atoms with Crippen molar-refractivity contribution in [3.63, 3.8) is 0 Å². The second kappa shape index (κ2) is 5.25. The van der Waals surface area contributed by atoms with Crippen molar-refractivity contribution in [1.29, 1.82) is 5.26 Å². The van der Waals surface area contributed by atoms with Crippen LogP contribution in [0.4, 0.5) is 0 Å². The quantitative estimate of drug-likeness (QED) is 0.566. The first-order chi connectivity index (χ1) is 6.77. The molecule has 4 heteroatoms. The van der Waals surface area contributed by atoms with Crippen LogP contribution in [-0.4, -0.2) is 13.3 Å². The van der Waals surface area contributed by atoms with Crippen molar-refractivity contribution in [3.05, 3.63) is 34.9 Å². The molecule has 0 saturated carbocycles. The van der Waals surface area contributed by atoms with E-state index < -0.39 is 5.92 Å². The van der Waals surface area contributed by atoms with E-state index in [1.54, 1.807) is 24.3 Å². The van der Waals surface area contributed by atoms with Crippen LogP contribution in [0.15, 0.2) is 29.4 Å². The molecule has 1 aromatic rings. The van der Waals surface area contributed by atoms with Crippen molar-refractivity contribution < 1.29 is 4.84 Å². The lowest BCUT2D eigenvalue weighted by molar-refractivity contribution is 0.214. The maximum atomic E-state index is 8.85. The van der Waals surface area contributed by atoms with Crippen LogP contribution in [-0.2, 0) is 4.84 Å². The monoisotopic (exact) mass is 208 g/mol. The summed E-state index contributed by atoms with van der Waals surface area (Å²) >= 11 is 5.72. The first kappa shape index (κ1) is 10.6. The van der Waals surface area contributed by atoms with Crippen LogP contribution in [0.25, 0.3) is 0 Å². The highest BCUT2D eigenvalue weighted by Gasteiger charge is 2.06. The number of oxime groups is 1. The lowest BCUT2D eigenvalue weighted by Gasteiger charge is -2.02. The van der Waals surface area contributed by atoms with Gasteiger partial charge >= 0.3 is 0 Å². The fraction of sp³-hybridized carbons (Fsp3) is 0.200. The van der Waals surface area contributed by atoms with Gasteiger partial charge in [0.25, 0.3) is 0 Å². The summed E-state index contributed by atoms with van der Waals surface area (Å²) in [4.78, 5) is 4.51. The highest BCUT2D eigenvalue weighted by Crippen LogP contribution is 2.16. The number of nitrogens with zero attached hydrogens (tertiary/aromatic N) is 2. The summed E-state index contributed by atoms with van der Waals surface area (Å²) in [5, 5.41) is 13.1. The van der Waals surface area contributed by atoms with Crippen molar-refractivity contribution in [3.8, 4) is 6.07 Å². The maximum Gasteiger partial charge on any atom is 0.110 e. The predicted octanol–water partition coefficient (Wildman–Crippen LogP) is 2.58. The minimum absolute atomic E-state index is 0.396. The summed E-state index contributed by atoms with van der Waals surface area (Å²) in [6, 6.07) is 9.16. The first-order valence-electron chi connectivity index (χ1n) is 3.99. The largest absolute Gasteiger partial charge is 0.399 e. The van der Waals surface area contributed by atoms with Crippen LogP contribution in [0.2, 0.25) is 5.02 Å². The van der Waals surface area contributed by atoms with Crippen LogP contribution in [0, 0.1) is 11.3 Å². The van der Waals surface area contributed by atoms with Crippen LogP contribution in [0.1, 0.15) is 11.5 Å². The Morgan fingerprint density at radius 2 is 2.14 bits per heavy atom. The van der Waals surface area contributed by atoms with E-state index in [0.717, 1.165) is 5.56 Å². The zero-order chi connectivity index (χ0) is 10.4. The molecule has 1 rings (SSSR count). The van der Waals surface area contributed by atoms with Gasteiger partial charge in [-0.2, -0.15) is 5.26 Å². The topological polar surface area (TPSA) is 45.4 Å². The fourth-order valence-corrected chi connectivity index (χ4v) is 1.11. The van der Waals surface area contributed by atoms with Gasteiger partial charge in [0.1, 0.15) is 13.0 Å². The molecular formula is C10H9ClN2O. The number of halogens is 1. The number of rotatable bonds is 3. The molecule has 0 aliphatic carbocycles. The van der Waals surface area contributed by atoms with Crippen molar-refractivity contribution in [2.75, 3.05) is 7.11 Å². The number of nitriles is 1. The minimum atomic E-state index is -0.396. The number of hydrogen-bond donors (Lipinski definition) is 0. The third-order valence-corrected chi connectivity index (χ3v) is 1.94. The molecule has 0 saturated heterocycles. The molecule has 0 bridgehead atoms. The van der Waals surface area contributed by atoms with Gasteiger partial charge in [0.2, 0.25) is 0 Å². The smallest absolute Gasteiger partial charge is 0.110 e. The van der Waals surface area contributed by atoms with Gasteiger partial charge in [-0.25, -0.2) is 0 Å². The predicted molar refractivity (Wildman–Crippen MR) is 55.3 cm³/mol. The zero-order valence-electron chi connectivity index (χ0n) is 7.64. The summed E-state index contributed by atoms with van der Waals surface area (Å²) in [6.45, 7) is 0. The third kappa shape index (κ3) is 2.75. The molecule has 0 radical (unpaired) electrons. The van der Waals surface area contributed by atoms with E-state index in [0.29, 0.717) is 5.02 Å². The Labute approximate surface area is 87.5 Å². The van der Waals surface area contributed by atoms with Gasteiger partial charge in [0.05, 0.1) is 12.3 Å². The maximum absolute atomic E-state index is 8.85. The van der Waals surface area contributed by atoms with E-state index >= 15 is 0 Å². The van der Waals surface area contributed by atoms with Gasteiger partial charge in [-0.3, -0.25) is 0 Å². The minimum Gasteiger partial charge on any atom is -0.399 e. The van der Waals surface area contributed by atoms with Crippen LogP contribution >= 0.6 is 11.6 Å². The normalized spacial score (nSPS) is 12.4. The number of benzene rings is 1. The molecule has 0 aromatic heterocycles. The lowest BCUT2D eigenvalue weighted by atomic mass is 10.0. The molecule has 0 aliphatic heterocycles. The summed E-state index contributed by atoms with van der Waals surface area (Å²) in [5.41, 5.74) is 0.845. The molecule has 0 fully saturated rings. The van der Waals surface area contributed by atoms with Crippen molar-refractivity contribution in [2.24, 2.45) is 5.16 Å². The average molecular weight is 209 g/mol. The van der Waals surface area contributed by atoms with E-state index in [1.807, 2.05) is 0 Å². The molecule has 0 spiro atoms. The van der Waals surface area contributed by atoms with E-state index in [-0.39, 0.29) is 0 Å². The third-order valence-electron chi connectivity index (χ3n) is 1.68. The molecule has 1 atom stereocenters. The van der Waals surface area contributed by atoms with E-state index in [4.69, 9.17) is 16.9 Å². The Morgan fingerprint density at radius 1 is 1.50 bits per heavy atom. The van der Waals surface area contributed by atoms with Gasteiger partial charge in [0, 0.05) is 5.02 Å². The molecule has 0 aliphatic rings. The Hall–Kier alpha value is -1.53. The Bertz CT molecular complexity index is 353. The molecule has 0 amide bonds. The van der Waals surface area contributed by atoms with E-state index in [2.05, 4.69) is 16.1 Å². The number of hydrogen-bond acceptors (Lipinski definition) is 3. The summed E-state index contributed by atoms with van der Waals surface area (Å²) in [7, 11) is 1.44. The highest BCUT2D eigenvalue weighted by atomic mass is 35.5. The van der Waals surface area contributed by atoms with E-state index in [9.17, 15) is 0 Å². The van der Waals surface area contributed by atoms with Gasteiger partial charge in [-0.05, 0) is 17.7 Å². The second-order valence-electron chi connectivity index (χ2n) is 2.60. The standard InChI is InChI=1S/C10H9ClN2O/c1-14-13-7-9(6-12)8-2-4-10(11)5-3-8/h2-5,7,9H,1H3. The van der Waals surface area contributed by atoms with Crippen LogP contribution < -0.4 is 0 Å². The van der Waals surface area contributed by atoms with E-state index in [1.165, 1.54) is 13.3 Å². The van der Waals surface area contributed by atoms with Crippen molar-refractivity contribution >= 4 is 17.8 Å². The molecular weight excluding hydrogens is 200 g/mol. The zero-order valence-corrected chi connectivity index (χ0v) is 8.40.